The molecule has 0 saturated heterocycles. The predicted molar refractivity (Wildman–Crippen MR) is 68.3 cm³/mol. The van der Waals surface area contributed by atoms with E-state index >= 15 is 0 Å². The van der Waals surface area contributed by atoms with Crippen LogP contribution in [0.25, 0.3) is 0 Å². The van der Waals surface area contributed by atoms with Crippen molar-refractivity contribution in [2.45, 2.75) is 20.8 Å². The van der Waals surface area contributed by atoms with Gasteiger partial charge in [-0.1, -0.05) is 6.92 Å². The Morgan fingerprint density at radius 2 is 2.00 bits per heavy atom. The van der Waals surface area contributed by atoms with Gasteiger partial charge in [-0.05, 0) is 20.1 Å². The van der Waals surface area contributed by atoms with Gasteiger partial charge in [0.25, 0.3) is 0 Å². The van der Waals surface area contributed by atoms with E-state index < -0.39 is 7.37 Å². The molecule has 0 aromatic heterocycles. The number of carbonyl (C=O) groups is 1. The summed E-state index contributed by atoms with van der Waals surface area (Å²) in [6.45, 7) is 6.05. The molecule has 0 fully saturated rings. The zero-order valence-electron chi connectivity index (χ0n) is 10.4. The van der Waals surface area contributed by atoms with Gasteiger partial charge in [0.15, 0.2) is 0 Å². The number of rotatable bonds is 8. The minimum atomic E-state index is -2.69. The maximum absolute atomic E-state index is 12.3. The normalized spacial score (nSPS) is 16.5. The number of carbonyl (C=O) groups excluding carboxylic acids is 1. The summed E-state index contributed by atoms with van der Waals surface area (Å²) in [5.41, 5.74) is 0.449. The third-order valence-electron chi connectivity index (χ3n) is 1.93. The van der Waals surface area contributed by atoms with Gasteiger partial charge in [0.2, 0.25) is 7.37 Å². The molecule has 0 saturated carbocycles. The lowest BCUT2D eigenvalue weighted by Gasteiger charge is -2.19. The Morgan fingerprint density at radius 3 is 2.44 bits per heavy atom. The summed E-state index contributed by atoms with van der Waals surface area (Å²) in [5.74, 6) is -0.673. The fraction of sp³-hybridized carbons (Fsp3) is 0.900. The van der Waals surface area contributed by atoms with E-state index in [-0.39, 0.29) is 18.0 Å². The van der Waals surface area contributed by atoms with Crippen molar-refractivity contribution in [3.8, 4) is 0 Å². The SMILES string of the molecule is CCOC(=O)C(C)CP(=O)(CSC)OCC. The molecule has 6 heteroatoms. The van der Waals surface area contributed by atoms with Crippen molar-refractivity contribution >= 4 is 25.1 Å². The second-order valence-corrected chi connectivity index (χ2v) is 7.35. The molecule has 0 spiro atoms. The Labute approximate surface area is 102 Å². The van der Waals surface area contributed by atoms with Crippen LogP contribution in [0.4, 0.5) is 0 Å². The molecule has 4 nitrogen and oxygen atoms in total. The van der Waals surface area contributed by atoms with E-state index in [0.717, 1.165) is 0 Å². The van der Waals surface area contributed by atoms with Gasteiger partial charge in [0, 0.05) is 6.16 Å². The summed E-state index contributed by atoms with van der Waals surface area (Å²) >= 11 is 1.48. The molecule has 96 valence electrons. The fourth-order valence-electron chi connectivity index (χ4n) is 1.35. The molecule has 0 radical (unpaired) electrons. The summed E-state index contributed by atoms with van der Waals surface area (Å²) in [6, 6.07) is 0. The van der Waals surface area contributed by atoms with E-state index in [1.54, 1.807) is 13.8 Å². The Balaban J connectivity index is 4.38. The van der Waals surface area contributed by atoms with Crippen molar-refractivity contribution in [2.75, 3.05) is 31.1 Å². The molecule has 0 amide bonds. The number of hydrogen-bond donors (Lipinski definition) is 0. The average Bonchev–Trinajstić information content (AvgIpc) is 2.18. The van der Waals surface area contributed by atoms with E-state index in [9.17, 15) is 9.36 Å². The Morgan fingerprint density at radius 1 is 1.38 bits per heavy atom. The third-order valence-corrected chi connectivity index (χ3v) is 6.37. The van der Waals surface area contributed by atoms with Crippen LogP contribution in [0.3, 0.4) is 0 Å². The van der Waals surface area contributed by atoms with Gasteiger partial charge in [0.1, 0.15) is 0 Å². The van der Waals surface area contributed by atoms with Crippen molar-refractivity contribution in [2.24, 2.45) is 5.92 Å². The van der Waals surface area contributed by atoms with Gasteiger partial charge in [0.05, 0.1) is 24.6 Å². The molecule has 0 bridgehead atoms. The van der Waals surface area contributed by atoms with E-state index in [1.807, 2.05) is 13.2 Å². The van der Waals surface area contributed by atoms with E-state index in [1.165, 1.54) is 11.8 Å². The Kier molecular flexibility index (Phi) is 8.16. The van der Waals surface area contributed by atoms with Crippen LogP contribution >= 0.6 is 19.1 Å². The van der Waals surface area contributed by atoms with E-state index in [2.05, 4.69) is 0 Å². The van der Waals surface area contributed by atoms with Gasteiger partial charge in [-0.2, -0.15) is 11.8 Å². The summed E-state index contributed by atoms with van der Waals surface area (Å²) < 4.78 is 22.5. The first-order chi connectivity index (χ1) is 7.49. The predicted octanol–water partition coefficient (Wildman–Crippen LogP) is 2.82. The van der Waals surface area contributed by atoms with Crippen molar-refractivity contribution in [3.05, 3.63) is 0 Å². The molecule has 2 atom stereocenters. The van der Waals surface area contributed by atoms with Gasteiger partial charge in [-0.3, -0.25) is 9.36 Å². The maximum Gasteiger partial charge on any atom is 0.309 e. The summed E-state index contributed by atoms with van der Waals surface area (Å²) in [6.07, 6.45) is 2.14. The van der Waals surface area contributed by atoms with Gasteiger partial charge < -0.3 is 9.26 Å². The van der Waals surface area contributed by atoms with E-state index in [4.69, 9.17) is 9.26 Å². The highest BCUT2D eigenvalue weighted by Gasteiger charge is 2.28. The van der Waals surface area contributed by atoms with Crippen molar-refractivity contribution in [3.63, 3.8) is 0 Å². The molecule has 2 unspecified atom stereocenters. The molecular formula is C10H21O4PS. The monoisotopic (exact) mass is 268 g/mol. The second kappa shape index (κ2) is 8.15. The van der Waals surface area contributed by atoms with Crippen LogP contribution in [-0.4, -0.2) is 37.1 Å². The largest absolute Gasteiger partial charge is 0.466 e. The van der Waals surface area contributed by atoms with Crippen molar-refractivity contribution in [1.82, 2.24) is 0 Å². The summed E-state index contributed by atoms with van der Waals surface area (Å²) in [7, 11) is -2.69. The van der Waals surface area contributed by atoms with Crippen LogP contribution in [-0.2, 0) is 18.6 Å². The second-order valence-electron chi connectivity index (χ2n) is 3.49. The Bertz CT molecular complexity index is 247. The van der Waals surface area contributed by atoms with Gasteiger partial charge >= 0.3 is 5.97 Å². The molecular weight excluding hydrogens is 247 g/mol. The number of esters is 1. The average molecular weight is 268 g/mol. The first kappa shape index (κ1) is 16.0. The van der Waals surface area contributed by atoms with E-state index in [0.29, 0.717) is 18.7 Å². The van der Waals surface area contributed by atoms with Crippen LogP contribution in [0.5, 0.6) is 0 Å². The molecule has 0 aromatic carbocycles. The van der Waals surface area contributed by atoms with Crippen LogP contribution in [0.2, 0.25) is 0 Å². The quantitative estimate of drug-likeness (QED) is 0.500. The first-order valence-corrected chi connectivity index (χ1v) is 8.76. The molecule has 0 rings (SSSR count). The lowest BCUT2D eigenvalue weighted by Crippen LogP contribution is -2.19. The smallest absolute Gasteiger partial charge is 0.309 e. The molecule has 0 aliphatic heterocycles. The highest BCUT2D eigenvalue weighted by molar-refractivity contribution is 8.04. The van der Waals surface area contributed by atoms with Crippen LogP contribution in [0, 0.1) is 5.92 Å². The molecule has 0 aromatic rings. The van der Waals surface area contributed by atoms with Crippen LogP contribution in [0.15, 0.2) is 0 Å². The molecule has 0 heterocycles. The standard InChI is InChI=1S/C10H21O4PS/c1-5-13-10(11)9(3)7-15(12,8-16-4)14-6-2/h9H,5-8H2,1-4H3. The highest BCUT2D eigenvalue weighted by Crippen LogP contribution is 2.50. The zero-order valence-corrected chi connectivity index (χ0v) is 12.1. The topological polar surface area (TPSA) is 52.6 Å². The van der Waals surface area contributed by atoms with Crippen molar-refractivity contribution in [1.29, 1.82) is 0 Å². The maximum atomic E-state index is 12.3. The third kappa shape index (κ3) is 5.92. The van der Waals surface area contributed by atoms with Crippen LogP contribution < -0.4 is 0 Å². The Hall–Kier alpha value is 0.01000. The first-order valence-electron chi connectivity index (χ1n) is 5.37. The zero-order chi connectivity index (χ0) is 12.6. The molecule has 16 heavy (non-hydrogen) atoms. The minimum absolute atomic E-state index is 0.264. The number of hydrogen-bond acceptors (Lipinski definition) is 5. The minimum Gasteiger partial charge on any atom is -0.466 e. The number of thioether (sulfide) groups is 1. The van der Waals surface area contributed by atoms with Crippen LogP contribution in [0.1, 0.15) is 20.8 Å². The fourth-order valence-corrected chi connectivity index (χ4v) is 5.20. The van der Waals surface area contributed by atoms with Crippen molar-refractivity contribution < 1.29 is 18.6 Å². The van der Waals surface area contributed by atoms with Gasteiger partial charge in [-0.15, -0.1) is 0 Å². The molecule has 0 aliphatic carbocycles. The summed E-state index contributed by atoms with van der Waals surface area (Å²) in [4.78, 5) is 11.4. The highest BCUT2D eigenvalue weighted by atomic mass is 32.2. The summed E-state index contributed by atoms with van der Waals surface area (Å²) in [5, 5.41) is 0. The molecule has 0 aliphatic rings. The van der Waals surface area contributed by atoms with Gasteiger partial charge in [-0.25, -0.2) is 0 Å². The number of ether oxygens (including phenoxy) is 1. The molecule has 0 N–H and O–H groups in total. The lowest BCUT2D eigenvalue weighted by molar-refractivity contribution is -0.146. The lowest BCUT2D eigenvalue weighted by atomic mass is 10.2.